The average Bonchev–Trinajstić information content (AvgIpc) is 2.55. The standard InChI is InChI=1S/C9H13N3O3/c1-10-5-6(9(15)11-2)12-7(13)3-4-8(12)14/h3-4,6,10H,5H2,1-2H3,(H,11,15). The summed E-state index contributed by atoms with van der Waals surface area (Å²) in [5, 5.41) is 5.18. The van der Waals surface area contributed by atoms with E-state index >= 15 is 0 Å². The van der Waals surface area contributed by atoms with Crippen LogP contribution in [-0.2, 0) is 14.4 Å². The van der Waals surface area contributed by atoms with E-state index in [1.165, 1.54) is 7.05 Å². The van der Waals surface area contributed by atoms with Gasteiger partial charge in [0.25, 0.3) is 11.8 Å². The van der Waals surface area contributed by atoms with Gasteiger partial charge >= 0.3 is 0 Å². The Labute approximate surface area is 87.3 Å². The fraction of sp³-hybridized carbons (Fsp3) is 0.444. The minimum Gasteiger partial charge on any atom is -0.357 e. The van der Waals surface area contributed by atoms with Gasteiger partial charge in [0, 0.05) is 25.7 Å². The van der Waals surface area contributed by atoms with Crippen LogP contribution in [0.15, 0.2) is 12.2 Å². The number of nitrogens with one attached hydrogen (secondary N) is 2. The van der Waals surface area contributed by atoms with Crippen molar-refractivity contribution >= 4 is 17.7 Å². The highest BCUT2D eigenvalue weighted by molar-refractivity contribution is 6.15. The normalized spacial score (nSPS) is 17.1. The average molecular weight is 211 g/mol. The summed E-state index contributed by atoms with van der Waals surface area (Å²) in [6.45, 7) is 0.235. The van der Waals surface area contributed by atoms with Gasteiger partial charge in [-0.2, -0.15) is 0 Å². The summed E-state index contributed by atoms with van der Waals surface area (Å²) in [7, 11) is 3.11. The maximum atomic E-state index is 11.5. The third-order valence-corrected chi connectivity index (χ3v) is 2.10. The summed E-state index contributed by atoms with van der Waals surface area (Å²) in [4.78, 5) is 35.1. The molecular weight excluding hydrogens is 198 g/mol. The van der Waals surface area contributed by atoms with E-state index in [-0.39, 0.29) is 12.5 Å². The largest absolute Gasteiger partial charge is 0.357 e. The second-order valence-electron chi connectivity index (χ2n) is 3.07. The van der Waals surface area contributed by atoms with Crippen molar-refractivity contribution in [1.82, 2.24) is 15.5 Å². The monoisotopic (exact) mass is 211 g/mol. The summed E-state index contributed by atoms with van der Waals surface area (Å²) in [5.41, 5.74) is 0. The topological polar surface area (TPSA) is 78.5 Å². The van der Waals surface area contributed by atoms with E-state index in [9.17, 15) is 14.4 Å². The van der Waals surface area contributed by atoms with Crippen LogP contribution < -0.4 is 10.6 Å². The zero-order valence-electron chi connectivity index (χ0n) is 8.61. The summed E-state index contributed by atoms with van der Waals surface area (Å²) in [6, 6.07) is -0.796. The van der Waals surface area contributed by atoms with Gasteiger partial charge in [0.05, 0.1) is 0 Å². The number of hydrogen-bond acceptors (Lipinski definition) is 4. The lowest BCUT2D eigenvalue weighted by molar-refractivity contribution is -0.145. The molecule has 0 spiro atoms. The molecule has 1 heterocycles. The van der Waals surface area contributed by atoms with Gasteiger partial charge in [0.1, 0.15) is 6.04 Å². The Balaban J connectivity index is 2.84. The molecule has 0 aromatic rings. The molecule has 15 heavy (non-hydrogen) atoms. The molecule has 3 amide bonds. The lowest BCUT2D eigenvalue weighted by Gasteiger charge is -2.24. The predicted molar refractivity (Wildman–Crippen MR) is 52.8 cm³/mol. The van der Waals surface area contributed by atoms with Crippen LogP contribution in [0.3, 0.4) is 0 Å². The van der Waals surface area contributed by atoms with Gasteiger partial charge in [-0.1, -0.05) is 0 Å². The maximum Gasteiger partial charge on any atom is 0.254 e. The third kappa shape index (κ3) is 2.21. The number of carbonyl (C=O) groups is 3. The number of amides is 3. The molecular formula is C9H13N3O3. The van der Waals surface area contributed by atoms with Crippen molar-refractivity contribution in [2.75, 3.05) is 20.6 Å². The van der Waals surface area contributed by atoms with Crippen LogP contribution in [0.4, 0.5) is 0 Å². The molecule has 82 valence electrons. The number of likely N-dealkylation sites (N-methyl/N-ethyl adjacent to an activating group) is 2. The molecule has 0 saturated carbocycles. The minimum atomic E-state index is -0.796. The molecule has 1 rings (SSSR count). The van der Waals surface area contributed by atoms with Crippen molar-refractivity contribution < 1.29 is 14.4 Å². The lowest BCUT2D eigenvalue weighted by atomic mass is 10.2. The summed E-state index contributed by atoms with van der Waals surface area (Å²) >= 11 is 0. The highest BCUT2D eigenvalue weighted by Crippen LogP contribution is 2.08. The minimum absolute atomic E-state index is 0.235. The summed E-state index contributed by atoms with van der Waals surface area (Å²) in [5.74, 6) is -1.28. The first-order valence-electron chi connectivity index (χ1n) is 4.53. The van der Waals surface area contributed by atoms with Gasteiger partial charge < -0.3 is 10.6 Å². The zero-order chi connectivity index (χ0) is 11.4. The van der Waals surface area contributed by atoms with Crippen molar-refractivity contribution in [3.63, 3.8) is 0 Å². The van der Waals surface area contributed by atoms with E-state index < -0.39 is 17.9 Å². The second-order valence-corrected chi connectivity index (χ2v) is 3.07. The predicted octanol–water partition coefficient (Wildman–Crippen LogP) is -1.75. The number of hydrogen-bond donors (Lipinski definition) is 2. The number of rotatable bonds is 4. The summed E-state index contributed by atoms with van der Waals surface area (Å²) in [6.07, 6.45) is 2.32. The van der Waals surface area contributed by atoms with Crippen molar-refractivity contribution in [2.45, 2.75) is 6.04 Å². The fourth-order valence-electron chi connectivity index (χ4n) is 1.38. The molecule has 6 nitrogen and oxygen atoms in total. The highest BCUT2D eigenvalue weighted by Gasteiger charge is 2.34. The SMILES string of the molecule is CNCC(C(=O)NC)N1C(=O)C=CC1=O. The van der Waals surface area contributed by atoms with Crippen LogP contribution >= 0.6 is 0 Å². The Morgan fingerprint density at radius 3 is 2.27 bits per heavy atom. The van der Waals surface area contributed by atoms with Crippen molar-refractivity contribution in [3.8, 4) is 0 Å². The van der Waals surface area contributed by atoms with Crippen LogP contribution in [0.5, 0.6) is 0 Å². The molecule has 0 fully saturated rings. The Kier molecular flexibility index (Phi) is 3.56. The molecule has 6 heteroatoms. The molecule has 1 aliphatic rings. The van der Waals surface area contributed by atoms with Crippen molar-refractivity contribution in [1.29, 1.82) is 0 Å². The molecule has 0 aromatic carbocycles. The lowest BCUT2D eigenvalue weighted by Crippen LogP contribution is -2.53. The van der Waals surface area contributed by atoms with Crippen molar-refractivity contribution in [3.05, 3.63) is 12.2 Å². The molecule has 0 saturated heterocycles. The van der Waals surface area contributed by atoms with E-state index in [0.717, 1.165) is 17.1 Å². The maximum absolute atomic E-state index is 11.5. The van der Waals surface area contributed by atoms with Gasteiger partial charge in [-0.25, -0.2) is 0 Å². The molecule has 0 bridgehead atoms. The molecule has 0 radical (unpaired) electrons. The van der Waals surface area contributed by atoms with E-state index in [1.54, 1.807) is 7.05 Å². The van der Waals surface area contributed by atoms with E-state index in [1.807, 2.05) is 0 Å². The van der Waals surface area contributed by atoms with Crippen LogP contribution in [0.1, 0.15) is 0 Å². The smallest absolute Gasteiger partial charge is 0.254 e. The highest BCUT2D eigenvalue weighted by atomic mass is 16.2. The van der Waals surface area contributed by atoms with Gasteiger partial charge in [-0.15, -0.1) is 0 Å². The van der Waals surface area contributed by atoms with Crippen LogP contribution in [0, 0.1) is 0 Å². The first-order valence-corrected chi connectivity index (χ1v) is 4.53. The van der Waals surface area contributed by atoms with E-state index in [2.05, 4.69) is 10.6 Å². The number of imide groups is 1. The van der Waals surface area contributed by atoms with Gasteiger partial charge in [-0.05, 0) is 7.05 Å². The zero-order valence-corrected chi connectivity index (χ0v) is 8.61. The Morgan fingerprint density at radius 1 is 1.33 bits per heavy atom. The summed E-state index contributed by atoms with van der Waals surface area (Å²) < 4.78 is 0. The first kappa shape index (κ1) is 11.4. The quantitative estimate of drug-likeness (QED) is 0.540. The van der Waals surface area contributed by atoms with Crippen LogP contribution in [0.25, 0.3) is 0 Å². The van der Waals surface area contributed by atoms with Gasteiger partial charge in [0.2, 0.25) is 5.91 Å². The Bertz CT molecular complexity index is 307. The number of nitrogens with zero attached hydrogens (tertiary/aromatic N) is 1. The first-order chi connectivity index (χ1) is 7.11. The Hall–Kier alpha value is -1.69. The molecule has 1 aliphatic heterocycles. The molecule has 1 atom stereocenters. The third-order valence-electron chi connectivity index (χ3n) is 2.10. The molecule has 1 unspecified atom stereocenters. The van der Waals surface area contributed by atoms with Gasteiger partial charge in [-0.3, -0.25) is 19.3 Å². The van der Waals surface area contributed by atoms with E-state index in [0.29, 0.717) is 0 Å². The fourth-order valence-corrected chi connectivity index (χ4v) is 1.38. The van der Waals surface area contributed by atoms with Crippen LogP contribution in [0.2, 0.25) is 0 Å². The van der Waals surface area contributed by atoms with Crippen LogP contribution in [-0.4, -0.2) is 49.3 Å². The molecule has 0 aromatic heterocycles. The second kappa shape index (κ2) is 4.70. The molecule has 0 aliphatic carbocycles. The van der Waals surface area contributed by atoms with E-state index in [4.69, 9.17) is 0 Å². The van der Waals surface area contributed by atoms with Gasteiger partial charge in [0.15, 0.2) is 0 Å². The number of carbonyl (C=O) groups excluding carboxylic acids is 3. The Morgan fingerprint density at radius 2 is 1.87 bits per heavy atom. The van der Waals surface area contributed by atoms with Crippen molar-refractivity contribution in [2.24, 2.45) is 0 Å². The molecule has 2 N–H and O–H groups in total.